The van der Waals surface area contributed by atoms with Crippen LogP contribution < -0.4 is 4.74 Å². The quantitative estimate of drug-likeness (QED) is 0.0454. The molecular weight excluding hydrogens is 1340 g/mol. The molecule has 0 N–H and O–H groups in total. The van der Waals surface area contributed by atoms with Gasteiger partial charge in [0.15, 0.2) is 0 Å². The van der Waals surface area contributed by atoms with Gasteiger partial charge in [0.05, 0.1) is 68.7 Å². The molecule has 4 aromatic carbocycles. The summed E-state index contributed by atoms with van der Waals surface area (Å²) in [6.45, 7) is 43.1. The van der Waals surface area contributed by atoms with Gasteiger partial charge in [-0.2, -0.15) is 0 Å². The van der Waals surface area contributed by atoms with Gasteiger partial charge in [0.1, 0.15) is 5.75 Å². The van der Waals surface area contributed by atoms with E-state index in [1.807, 2.05) is 100 Å². The van der Waals surface area contributed by atoms with Crippen molar-refractivity contribution in [2.75, 3.05) is 59.5 Å². The molecule has 8 saturated carbocycles. The van der Waals surface area contributed by atoms with Gasteiger partial charge in [-0.15, -0.1) is 0 Å². The summed E-state index contributed by atoms with van der Waals surface area (Å²) in [6.07, 6.45) is 46.5. The van der Waals surface area contributed by atoms with Gasteiger partial charge in [0.25, 0.3) is 0 Å². The van der Waals surface area contributed by atoms with E-state index in [-0.39, 0.29) is 6.10 Å². The second kappa shape index (κ2) is 65.7. The molecule has 12 rings (SSSR count). The van der Waals surface area contributed by atoms with Gasteiger partial charge in [-0.05, 0) is 283 Å². The van der Waals surface area contributed by atoms with Crippen LogP contribution in [0.3, 0.4) is 0 Å². The van der Waals surface area contributed by atoms with Crippen molar-refractivity contribution in [3.05, 3.63) is 138 Å². The van der Waals surface area contributed by atoms with E-state index in [9.17, 15) is 0 Å². The van der Waals surface area contributed by atoms with Crippen molar-refractivity contribution in [2.24, 2.45) is 47.3 Å². The van der Waals surface area contributed by atoms with Crippen LogP contribution >= 0.6 is 0 Å². The molecule has 0 radical (unpaired) electrons. The molecule has 0 saturated heterocycles. The maximum absolute atomic E-state index is 5.69. The average Bonchev–Trinajstić information content (AvgIpc) is 1.69. The van der Waals surface area contributed by atoms with Gasteiger partial charge in [-0.25, -0.2) is 0 Å². The van der Waals surface area contributed by atoms with Gasteiger partial charge >= 0.3 is 0 Å². The zero-order valence-corrected chi connectivity index (χ0v) is 72.6. The van der Waals surface area contributed by atoms with Crippen LogP contribution in [0.15, 0.2) is 121 Å². The van der Waals surface area contributed by atoms with Crippen molar-refractivity contribution in [2.45, 2.75) is 372 Å². The summed E-state index contributed by atoms with van der Waals surface area (Å²) in [5.74, 6) is 9.04. The normalized spacial score (nSPS) is 21.1. The van der Waals surface area contributed by atoms with Crippen LogP contribution in [-0.4, -0.2) is 108 Å². The molecule has 10 heteroatoms. The number of ether oxygens (including phenoxy) is 10. The number of rotatable bonds is 31. The van der Waals surface area contributed by atoms with Crippen LogP contribution in [-0.2, 0) is 62.3 Å². The average molecular weight is 1510 g/mol. The molecular formula is C98H168O10. The molecule has 8 fully saturated rings. The number of hydrogen-bond acceptors (Lipinski definition) is 10. The lowest BCUT2D eigenvalue weighted by Gasteiger charge is -2.23. The van der Waals surface area contributed by atoms with E-state index in [1.54, 1.807) is 0 Å². The van der Waals surface area contributed by atoms with E-state index in [1.165, 1.54) is 203 Å². The maximum Gasteiger partial charge on any atom is 0.119 e. The summed E-state index contributed by atoms with van der Waals surface area (Å²) >= 11 is 0. The lowest BCUT2D eigenvalue weighted by molar-refractivity contribution is -0.0118. The lowest BCUT2D eigenvalue weighted by Crippen LogP contribution is -2.20. The highest BCUT2D eigenvalue weighted by atomic mass is 16.5. The molecule has 0 aliphatic heterocycles. The van der Waals surface area contributed by atoms with Crippen molar-refractivity contribution in [3.63, 3.8) is 0 Å². The monoisotopic (exact) mass is 1510 g/mol. The summed E-state index contributed by atoms with van der Waals surface area (Å²) < 4.78 is 54.7. The first kappa shape index (κ1) is 98.5. The minimum absolute atomic E-state index is 0.266. The predicted octanol–water partition coefficient (Wildman–Crippen LogP) is 26.7. The standard InChI is InChI=1S/C11H20O.2C11H16O.C10H18O.C10H14O.C10H20O.C9H18O.C9H12O.C9H18O.C8H16O/c1-2-12-6-5-11-8-9-3-4-10(11)7-9;1-10(2)12-9-8-11-6-4-3-5-7-11;1-3-10(2)12-9-11-7-5-4-6-8-11;1-2-11-7-10-6-8-3-4-9(10)5-8;1-9(2)11-8-10-6-4-3-5-7-10;1-2-11-9-8-10-6-4-3-5-7-10;2*1-8(2)10-9-6-4-3-5-7-9;1-2-10-8-9-6-4-3-5-7-9;1-7(2)9-8-5-3-4-6-8/h9-11H,2-8H2,1H3;3-7,10H,8-9H2,1-2H3;4-8,10H,3,9H2,1-2H3;8-10H,2-7H2,1H3;3-7,9H,8H2,1-2H3;10H,2-9H2,1H3;8-9H,3-7H2,1-2H3;3-8H,1-2H3;9H,2-8H2,1H3;7-8H,3-6H2,1-2H3. The van der Waals surface area contributed by atoms with E-state index in [2.05, 4.69) is 132 Å². The van der Waals surface area contributed by atoms with E-state index >= 15 is 0 Å². The summed E-state index contributed by atoms with van der Waals surface area (Å²) in [4.78, 5) is 0. The molecule has 4 aromatic rings. The lowest BCUT2D eigenvalue weighted by atomic mass is 9.87. The van der Waals surface area contributed by atoms with Crippen molar-refractivity contribution in [3.8, 4) is 5.75 Å². The number of fused-ring (bicyclic) bond motifs is 4. The Kier molecular flexibility index (Phi) is 59.9. The van der Waals surface area contributed by atoms with Crippen LogP contribution in [0, 0.1) is 47.3 Å². The molecule has 0 aromatic heterocycles. The highest BCUT2D eigenvalue weighted by Crippen LogP contribution is 2.50. The molecule has 7 atom stereocenters. The third-order valence-electron chi connectivity index (χ3n) is 22.0. The zero-order chi connectivity index (χ0) is 78.5. The first-order valence-corrected chi connectivity index (χ1v) is 44.7. The summed E-state index contributed by atoms with van der Waals surface area (Å²) in [6, 6.07) is 40.7. The van der Waals surface area contributed by atoms with Gasteiger partial charge in [0, 0.05) is 52.9 Å². The largest absolute Gasteiger partial charge is 0.491 e. The third-order valence-corrected chi connectivity index (χ3v) is 22.0. The second-order valence-corrected chi connectivity index (χ2v) is 33.2. The molecule has 4 bridgehead atoms. The Morgan fingerprint density at radius 2 is 0.722 bits per heavy atom. The molecule has 0 heterocycles. The molecule has 10 nitrogen and oxygen atoms in total. The Morgan fingerprint density at radius 3 is 1.13 bits per heavy atom. The Morgan fingerprint density at radius 1 is 0.324 bits per heavy atom. The number of hydrogen-bond donors (Lipinski definition) is 0. The van der Waals surface area contributed by atoms with Gasteiger partial charge in [0.2, 0.25) is 0 Å². The van der Waals surface area contributed by atoms with E-state index in [0.717, 1.165) is 139 Å². The van der Waals surface area contributed by atoms with Crippen LogP contribution in [0.5, 0.6) is 5.75 Å². The van der Waals surface area contributed by atoms with E-state index in [4.69, 9.17) is 47.4 Å². The number of benzene rings is 4. The second-order valence-electron chi connectivity index (χ2n) is 33.2. The Bertz CT molecular complexity index is 2510. The predicted molar refractivity (Wildman–Crippen MR) is 459 cm³/mol. The van der Waals surface area contributed by atoms with Crippen molar-refractivity contribution < 1.29 is 47.4 Å². The van der Waals surface area contributed by atoms with Gasteiger partial charge in [-0.3, -0.25) is 0 Å². The molecule has 620 valence electrons. The molecule has 8 aliphatic rings. The molecule has 0 spiro atoms. The first-order chi connectivity index (χ1) is 52.4. The molecule has 0 amide bonds. The minimum Gasteiger partial charge on any atom is -0.491 e. The van der Waals surface area contributed by atoms with Crippen LogP contribution in [0.4, 0.5) is 0 Å². The van der Waals surface area contributed by atoms with Crippen molar-refractivity contribution in [1.82, 2.24) is 0 Å². The molecule has 7 unspecified atom stereocenters. The fourth-order valence-corrected chi connectivity index (χ4v) is 16.1. The highest BCUT2D eigenvalue weighted by Gasteiger charge is 2.40. The minimum atomic E-state index is 0.266. The summed E-state index contributed by atoms with van der Waals surface area (Å²) in [7, 11) is 0. The SMILES string of the molecule is CC(C)OC1CCCC1.CC(C)OC1CCCCC1.CC(C)OCCc1ccccc1.CC(C)OCc1ccccc1.CC(C)Oc1ccccc1.CCC(C)OCc1ccccc1.CCOCC1CC2CCC1C2.CCOCC1CCCCC1.CCOCCC1CC2CCC1C2.CCOCCC1CCCCC1. The smallest absolute Gasteiger partial charge is 0.119 e. The molecule has 8 aliphatic carbocycles. The third kappa shape index (κ3) is 52.6. The van der Waals surface area contributed by atoms with Crippen LogP contribution in [0.1, 0.15) is 320 Å². The number of para-hydroxylation sites is 1. The Hall–Kier alpha value is -3.68. The first-order valence-electron chi connectivity index (χ1n) is 44.7. The Balaban J connectivity index is 0.000000312. The van der Waals surface area contributed by atoms with E-state index < -0.39 is 0 Å². The van der Waals surface area contributed by atoms with E-state index in [0.29, 0.717) is 42.7 Å². The van der Waals surface area contributed by atoms with Crippen LogP contribution in [0.25, 0.3) is 0 Å². The van der Waals surface area contributed by atoms with Crippen molar-refractivity contribution in [1.29, 1.82) is 0 Å². The van der Waals surface area contributed by atoms with Crippen molar-refractivity contribution >= 4 is 0 Å². The van der Waals surface area contributed by atoms with Crippen LogP contribution in [0.2, 0.25) is 0 Å². The summed E-state index contributed by atoms with van der Waals surface area (Å²) in [5.41, 5.74) is 3.83. The fraction of sp³-hybridized carbons (Fsp3) is 0.755. The topological polar surface area (TPSA) is 92.3 Å². The fourth-order valence-electron chi connectivity index (χ4n) is 16.1. The Labute approximate surface area is 666 Å². The molecule has 108 heavy (non-hydrogen) atoms. The summed E-state index contributed by atoms with van der Waals surface area (Å²) in [5, 5.41) is 0. The van der Waals surface area contributed by atoms with Gasteiger partial charge in [-0.1, -0.05) is 212 Å². The van der Waals surface area contributed by atoms with Gasteiger partial charge < -0.3 is 47.4 Å². The maximum atomic E-state index is 5.69. The zero-order valence-electron chi connectivity index (χ0n) is 72.6. The highest BCUT2D eigenvalue weighted by molar-refractivity contribution is 5.21.